The number of nitrogens with zero attached hydrogens (tertiary/aromatic N) is 3. The third-order valence-electron chi connectivity index (χ3n) is 6.27. The third-order valence-corrected chi connectivity index (χ3v) is 6.27. The Kier molecular flexibility index (Phi) is 6.91. The fraction of sp³-hybridized carbons (Fsp3) is 0.296. The van der Waals surface area contributed by atoms with Crippen LogP contribution in [0.3, 0.4) is 0 Å². The van der Waals surface area contributed by atoms with Crippen molar-refractivity contribution < 1.29 is 14.3 Å². The van der Waals surface area contributed by atoms with Gasteiger partial charge < -0.3 is 19.4 Å². The first-order valence-corrected chi connectivity index (χ1v) is 11.5. The van der Waals surface area contributed by atoms with Gasteiger partial charge in [-0.05, 0) is 61.7 Å². The van der Waals surface area contributed by atoms with E-state index in [0.717, 1.165) is 16.8 Å². The summed E-state index contributed by atoms with van der Waals surface area (Å²) in [5.41, 5.74) is 5.27. The molecule has 1 atom stereocenters. The number of benzene rings is 2. The number of fused-ring (bicyclic) bond motifs is 1. The zero-order valence-electron chi connectivity index (χ0n) is 20.7. The minimum atomic E-state index is -0.225. The van der Waals surface area contributed by atoms with Crippen LogP contribution in [0.2, 0.25) is 0 Å². The lowest BCUT2D eigenvalue weighted by molar-refractivity contribution is -0.121. The Bertz CT molecular complexity index is 1440. The van der Waals surface area contributed by atoms with E-state index in [9.17, 15) is 9.59 Å². The van der Waals surface area contributed by atoms with E-state index < -0.39 is 0 Å². The van der Waals surface area contributed by atoms with Gasteiger partial charge >= 0.3 is 0 Å². The van der Waals surface area contributed by atoms with E-state index in [0.29, 0.717) is 17.0 Å². The Morgan fingerprint density at radius 3 is 2.49 bits per heavy atom. The smallest absolute Gasteiger partial charge is 0.276 e. The lowest BCUT2D eigenvalue weighted by atomic mass is 10.0. The molecule has 0 aliphatic carbocycles. The first-order valence-electron chi connectivity index (χ1n) is 11.5. The van der Waals surface area contributed by atoms with Crippen LogP contribution in [0.15, 0.2) is 59.7 Å². The molecule has 2 aromatic carbocycles. The SMILES string of the molecule is COc1ccc([C@@H](C)NC(=O)CCn2ccn3nc(-c4ccc(C)c(C)c4)cc3c2=O)cc1OC. The van der Waals surface area contributed by atoms with Gasteiger partial charge in [0.1, 0.15) is 5.52 Å². The maximum Gasteiger partial charge on any atom is 0.276 e. The summed E-state index contributed by atoms with van der Waals surface area (Å²) in [6.07, 6.45) is 3.58. The van der Waals surface area contributed by atoms with E-state index >= 15 is 0 Å². The number of rotatable bonds is 8. The van der Waals surface area contributed by atoms with Gasteiger partial charge in [0, 0.05) is 30.9 Å². The topological polar surface area (TPSA) is 86.9 Å². The van der Waals surface area contributed by atoms with Crippen LogP contribution in [-0.4, -0.2) is 34.3 Å². The maximum atomic E-state index is 13.0. The molecule has 1 N–H and O–H groups in total. The largest absolute Gasteiger partial charge is 0.493 e. The number of hydrogen-bond acceptors (Lipinski definition) is 5. The highest BCUT2D eigenvalue weighted by Gasteiger charge is 2.14. The number of amides is 1. The lowest BCUT2D eigenvalue weighted by Crippen LogP contribution is -2.29. The number of nitrogens with one attached hydrogen (secondary N) is 1. The summed E-state index contributed by atoms with van der Waals surface area (Å²) in [4.78, 5) is 25.6. The molecule has 0 aliphatic heterocycles. The van der Waals surface area contributed by atoms with Gasteiger partial charge in [-0.3, -0.25) is 9.59 Å². The predicted molar refractivity (Wildman–Crippen MR) is 135 cm³/mol. The Morgan fingerprint density at radius 1 is 1.00 bits per heavy atom. The van der Waals surface area contributed by atoms with Crippen LogP contribution in [0, 0.1) is 13.8 Å². The van der Waals surface area contributed by atoms with Crippen LogP contribution in [0.25, 0.3) is 16.8 Å². The Balaban J connectivity index is 1.45. The van der Waals surface area contributed by atoms with Crippen molar-refractivity contribution in [3.05, 3.63) is 81.9 Å². The highest BCUT2D eigenvalue weighted by Crippen LogP contribution is 2.30. The molecule has 0 spiro atoms. The molecule has 8 nitrogen and oxygen atoms in total. The molecule has 0 saturated carbocycles. The molecule has 0 aliphatic rings. The van der Waals surface area contributed by atoms with E-state index in [-0.39, 0.29) is 30.5 Å². The number of methoxy groups -OCH3 is 2. The van der Waals surface area contributed by atoms with Crippen molar-refractivity contribution in [2.24, 2.45) is 0 Å². The molecule has 0 bridgehead atoms. The van der Waals surface area contributed by atoms with Gasteiger partial charge in [0.2, 0.25) is 5.91 Å². The Morgan fingerprint density at radius 2 is 1.77 bits per heavy atom. The molecular formula is C27H30N4O4. The van der Waals surface area contributed by atoms with E-state index in [4.69, 9.17) is 9.47 Å². The van der Waals surface area contributed by atoms with Crippen molar-refractivity contribution >= 4 is 11.4 Å². The predicted octanol–water partition coefficient (Wildman–Crippen LogP) is 4.06. The summed E-state index contributed by atoms with van der Waals surface area (Å²) >= 11 is 0. The molecule has 4 rings (SSSR count). The summed E-state index contributed by atoms with van der Waals surface area (Å²) in [6.45, 7) is 6.28. The summed E-state index contributed by atoms with van der Waals surface area (Å²) in [5.74, 6) is 1.08. The standard InChI is InChI=1S/C27H30N4O4/c1-17-6-7-21(14-18(17)2)22-16-23-27(33)30(12-13-31(23)29-22)11-10-26(32)28-19(3)20-8-9-24(34-4)25(15-20)35-5/h6-9,12-16,19H,10-11H2,1-5H3,(H,28,32)/t19-/m1/s1. The van der Waals surface area contributed by atoms with Crippen LogP contribution in [0.1, 0.15) is 36.1 Å². The number of carbonyl (C=O) groups excluding carboxylic acids is 1. The second-order valence-corrected chi connectivity index (χ2v) is 8.61. The molecule has 0 unspecified atom stereocenters. The fourth-order valence-electron chi connectivity index (χ4n) is 3.99. The van der Waals surface area contributed by atoms with Crippen molar-refractivity contribution in [1.29, 1.82) is 0 Å². The van der Waals surface area contributed by atoms with Crippen LogP contribution < -0.4 is 20.3 Å². The van der Waals surface area contributed by atoms with Crippen molar-refractivity contribution in [2.75, 3.05) is 14.2 Å². The van der Waals surface area contributed by atoms with Crippen molar-refractivity contribution in [1.82, 2.24) is 19.5 Å². The fourth-order valence-corrected chi connectivity index (χ4v) is 3.99. The van der Waals surface area contributed by atoms with Gasteiger partial charge in [-0.25, -0.2) is 4.52 Å². The quantitative estimate of drug-likeness (QED) is 0.416. The Labute approximate surface area is 204 Å². The van der Waals surface area contributed by atoms with Gasteiger partial charge in [-0.15, -0.1) is 0 Å². The van der Waals surface area contributed by atoms with Crippen molar-refractivity contribution in [2.45, 2.75) is 39.8 Å². The normalized spacial score (nSPS) is 11.9. The van der Waals surface area contributed by atoms with Gasteiger partial charge in [0.05, 0.1) is 26.0 Å². The molecule has 4 aromatic rings. The monoisotopic (exact) mass is 474 g/mol. The zero-order valence-corrected chi connectivity index (χ0v) is 20.7. The minimum absolute atomic E-state index is 0.150. The molecule has 2 aromatic heterocycles. The number of carbonyl (C=O) groups is 1. The van der Waals surface area contributed by atoms with Crippen LogP contribution in [-0.2, 0) is 11.3 Å². The second-order valence-electron chi connectivity index (χ2n) is 8.61. The van der Waals surface area contributed by atoms with Crippen LogP contribution in [0.5, 0.6) is 11.5 Å². The first kappa shape index (κ1) is 24.1. The minimum Gasteiger partial charge on any atom is -0.493 e. The van der Waals surface area contributed by atoms with E-state index in [2.05, 4.69) is 36.4 Å². The summed E-state index contributed by atoms with van der Waals surface area (Å²) in [5, 5.41) is 7.53. The van der Waals surface area contributed by atoms with Gasteiger partial charge in [0.15, 0.2) is 11.5 Å². The maximum absolute atomic E-state index is 13.0. The van der Waals surface area contributed by atoms with E-state index in [1.807, 2.05) is 31.2 Å². The summed E-state index contributed by atoms with van der Waals surface area (Å²) in [6, 6.07) is 13.2. The van der Waals surface area contributed by atoms with Crippen molar-refractivity contribution in [3.8, 4) is 22.8 Å². The van der Waals surface area contributed by atoms with Crippen LogP contribution >= 0.6 is 0 Å². The molecular weight excluding hydrogens is 444 g/mol. The molecule has 2 heterocycles. The highest BCUT2D eigenvalue weighted by atomic mass is 16.5. The number of ether oxygens (including phenoxy) is 2. The first-order chi connectivity index (χ1) is 16.8. The number of hydrogen-bond donors (Lipinski definition) is 1. The number of aromatic nitrogens is 3. The average molecular weight is 475 g/mol. The Hall–Kier alpha value is -4.07. The number of aryl methyl sites for hydroxylation is 3. The lowest BCUT2D eigenvalue weighted by Gasteiger charge is -2.17. The van der Waals surface area contributed by atoms with E-state index in [1.54, 1.807) is 41.8 Å². The van der Waals surface area contributed by atoms with E-state index in [1.165, 1.54) is 11.1 Å². The molecule has 0 radical (unpaired) electrons. The van der Waals surface area contributed by atoms with Gasteiger partial charge in [0.25, 0.3) is 5.56 Å². The highest BCUT2D eigenvalue weighted by molar-refractivity contribution is 5.76. The van der Waals surface area contributed by atoms with Gasteiger partial charge in [-0.2, -0.15) is 5.10 Å². The molecule has 182 valence electrons. The molecule has 8 heteroatoms. The molecule has 35 heavy (non-hydrogen) atoms. The summed E-state index contributed by atoms with van der Waals surface area (Å²) < 4.78 is 13.7. The van der Waals surface area contributed by atoms with Crippen LogP contribution in [0.4, 0.5) is 0 Å². The summed E-state index contributed by atoms with van der Waals surface area (Å²) in [7, 11) is 3.15. The van der Waals surface area contributed by atoms with Crippen molar-refractivity contribution in [3.63, 3.8) is 0 Å². The average Bonchev–Trinajstić information content (AvgIpc) is 3.30. The third kappa shape index (κ3) is 5.06. The molecule has 0 saturated heterocycles. The zero-order chi connectivity index (χ0) is 25.1. The molecule has 1 amide bonds. The van der Waals surface area contributed by atoms with Gasteiger partial charge in [-0.1, -0.05) is 18.2 Å². The molecule has 0 fully saturated rings. The second kappa shape index (κ2) is 10.0.